The molecule has 0 radical (unpaired) electrons. The molecule has 0 saturated heterocycles. The average molecular weight is 252 g/mol. The van der Waals surface area contributed by atoms with Crippen LogP contribution in [0.1, 0.15) is 21.7 Å². The van der Waals surface area contributed by atoms with Gasteiger partial charge in [0.1, 0.15) is 11.8 Å². The van der Waals surface area contributed by atoms with Gasteiger partial charge in [0.05, 0.1) is 5.56 Å². The summed E-state index contributed by atoms with van der Waals surface area (Å²) >= 11 is 0. The van der Waals surface area contributed by atoms with E-state index in [0.717, 1.165) is 5.69 Å². The highest BCUT2D eigenvalue weighted by Gasteiger charge is 2.06. The molecule has 0 aromatic carbocycles. The number of nitrogens with zero attached hydrogens (tertiary/aromatic N) is 3. The number of rotatable bonds is 4. The number of nitrogens with one attached hydrogen (secondary N) is 1. The standard InChI is InChI=1S/C14H12N4O/c15-9-11-4-5-13(18-10-11)14(19)17-8-6-12-3-1-2-7-16-12/h1-5,7,10H,6,8H2,(H,17,19). The molecule has 5 heteroatoms. The van der Waals surface area contributed by atoms with Gasteiger partial charge in [-0.05, 0) is 24.3 Å². The fourth-order valence-electron chi connectivity index (χ4n) is 1.53. The van der Waals surface area contributed by atoms with Gasteiger partial charge in [-0.1, -0.05) is 6.07 Å². The average Bonchev–Trinajstić information content (AvgIpc) is 2.48. The van der Waals surface area contributed by atoms with E-state index in [-0.39, 0.29) is 5.91 Å². The van der Waals surface area contributed by atoms with Gasteiger partial charge in [-0.25, -0.2) is 4.98 Å². The lowest BCUT2D eigenvalue weighted by molar-refractivity contribution is 0.0949. The molecule has 19 heavy (non-hydrogen) atoms. The molecule has 5 nitrogen and oxygen atoms in total. The first kappa shape index (κ1) is 12.7. The van der Waals surface area contributed by atoms with Crippen molar-refractivity contribution >= 4 is 5.91 Å². The monoisotopic (exact) mass is 252 g/mol. The summed E-state index contributed by atoms with van der Waals surface area (Å²) in [6.45, 7) is 0.498. The molecule has 0 spiro atoms. The predicted octanol–water partition coefficient (Wildman–Crippen LogP) is 1.32. The Morgan fingerprint density at radius 2 is 2.16 bits per heavy atom. The van der Waals surface area contributed by atoms with Crippen LogP contribution in [0.2, 0.25) is 0 Å². The van der Waals surface area contributed by atoms with Crippen LogP contribution in [0.5, 0.6) is 0 Å². The third-order valence-corrected chi connectivity index (χ3v) is 2.52. The normalized spacial score (nSPS) is 9.63. The number of carbonyl (C=O) groups excluding carboxylic acids is 1. The number of aromatic nitrogens is 2. The third kappa shape index (κ3) is 3.61. The highest BCUT2D eigenvalue weighted by atomic mass is 16.1. The van der Waals surface area contributed by atoms with E-state index in [1.54, 1.807) is 12.3 Å². The van der Waals surface area contributed by atoms with Crippen LogP contribution in [0.3, 0.4) is 0 Å². The first-order chi connectivity index (χ1) is 9.29. The quantitative estimate of drug-likeness (QED) is 0.890. The molecule has 1 N–H and O–H groups in total. The largest absolute Gasteiger partial charge is 0.350 e. The number of hydrogen-bond acceptors (Lipinski definition) is 4. The van der Waals surface area contributed by atoms with Crippen LogP contribution in [-0.2, 0) is 6.42 Å². The maximum Gasteiger partial charge on any atom is 0.269 e. The Morgan fingerprint density at radius 1 is 1.26 bits per heavy atom. The molecule has 2 aromatic heterocycles. The maximum atomic E-state index is 11.8. The number of nitriles is 1. The number of amides is 1. The Bertz CT molecular complexity index is 587. The zero-order chi connectivity index (χ0) is 13.5. The molecule has 2 aromatic rings. The summed E-state index contributed by atoms with van der Waals surface area (Å²) in [4.78, 5) is 19.9. The van der Waals surface area contributed by atoms with Crippen molar-refractivity contribution in [2.75, 3.05) is 6.54 Å². The molecule has 0 unspecified atom stereocenters. The van der Waals surface area contributed by atoms with Gasteiger partial charge in [0.15, 0.2) is 0 Å². The van der Waals surface area contributed by atoms with Gasteiger partial charge in [0, 0.05) is 31.1 Å². The molecule has 0 aliphatic carbocycles. The summed E-state index contributed by atoms with van der Waals surface area (Å²) in [6, 6.07) is 10.7. The Balaban J connectivity index is 1.86. The predicted molar refractivity (Wildman–Crippen MR) is 69.2 cm³/mol. The molecule has 0 bridgehead atoms. The van der Waals surface area contributed by atoms with Gasteiger partial charge in [-0.2, -0.15) is 5.26 Å². The second kappa shape index (κ2) is 6.26. The Hall–Kier alpha value is -2.74. The summed E-state index contributed by atoms with van der Waals surface area (Å²) in [6.07, 6.45) is 3.77. The Kier molecular flexibility index (Phi) is 4.19. The summed E-state index contributed by atoms with van der Waals surface area (Å²) in [7, 11) is 0. The summed E-state index contributed by atoms with van der Waals surface area (Å²) < 4.78 is 0. The lowest BCUT2D eigenvalue weighted by atomic mass is 10.2. The molecule has 0 fully saturated rings. The van der Waals surface area contributed by atoms with Crippen LogP contribution in [0.4, 0.5) is 0 Å². The van der Waals surface area contributed by atoms with Gasteiger partial charge in [0.2, 0.25) is 0 Å². The van der Waals surface area contributed by atoms with E-state index >= 15 is 0 Å². The number of hydrogen-bond donors (Lipinski definition) is 1. The lowest BCUT2D eigenvalue weighted by Crippen LogP contribution is -2.26. The second-order valence-electron chi connectivity index (χ2n) is 3.87. The van der Waals surface area contributed by atoms with Crippen molar-refractivity contribution in [2.45, 2.75) is 6.42 Å². The third-order valence-electron chi connectivity index (χ3n) is 2.52. The molecule has 0 saturated carbocycles. The summed E-state index contributed by atoms with van der Waals surface area (Å²) in [5.74, 6) is -0.250. The molecule has 2 heterocycles. The molecule has 2 rings (SSSR count). The van der Waals surface area contributed by atoms with E-state index in [1.165, 1.54) is 12.3 Å². The minimum absolute atomic E-state index is 0.250. The number of pyridine rings is 2. The van der Waals surface area contributed by atoms with Gasteiger partial charge < -0.3 is 5.32 Å². The van der Waals surface area contributed by atoms with E-state index in [9.17, 15) is 4.79 Å². The minimum atomic E-state index is -0.250. The fraction of sp³-hybridized carbons (Fsp3) is 0.143. The smallest absolute Gasteiger partial charge is 0.269 e. The molecular formula is C14H12N4O. The van der Waals surface area contributed by atoms with Crippen LogP contribution in [0, 0.1) is 11.3 Å². The summed E-state index contributed by atoms with van der Waals surface area (Å²) in [5, 5.41) is 11.4. The lowest BCUT2D eigenvalue weighted by Gasteiger charge is -2.04. The Labute approximate surface area is 110 Å². The van der Waals surface area contributed by atoms with E-state index < -0.39 is 0 Å². The van der Waals surface area contributed by atoms with E-state index in [2.05, 4.69) is 15.3 Å². The van der Waals surface area contributed by atoms with E-state index in [0.29, 0.717) is 24.2 Å². The first-order valence-electron chi connectivity index (χ1n) is 5.84. The maximum absolute atomic E-state index is 11.8. The van der Waals surface area contributed by atoms with Crippen molar-refractivity contribution in [2.24, 2.45) is 0 Å². The van der Waals surface area contributed by atoms with Gasteiger partial charge in [-0.15, -0.1) is 0 Å². The zero-order valence-electron chi connectivity index (χ0n) is 10.2. The molecule has 0 aliphatic heterocycles. The second-order valence-corrected chi connectivity index (χ2v) is 3.87. The molecule has 1 amide bonds. The highest BCUT2D eigenvalue weighted by Crippen LogP contribution is 1.99. The highest BCUT2D eigenvalue weighted by molar-refractivity contribution is 5.92. The van der Waals surface area contributed by atoms with Crippen molar-refractivity contribution in [3.05, 3.63) is 59.7 Å². The van der Waals surface area contributed by atoms with Crippen LogP contribution >= 0.6 is 0 Å². The van der Waals surface area contributed by atoms with Gasteiger partial charge in [0.25, 0.3) is 5.91 Å². The first-order valence-corrected chi connectivity index (χ1v) is 5.84. The van der Waals surface area contributed by atoms with Gasteiger partial charge >= 0.3 is 0 Å². The summed E-state index contributed by atoms with van der Waals surface area (Å²) in [5.41, 5.74) is 1.67. The van der Waals surface area contributed by atoms with Crippen LogP contribution in [0.25, 0.3) is 0 Å². The van der Waals surface area contributed by atoms with Crippen molar-refractivity contribution in [1.82, 2.24) is 15.3 Å². The fourth-order valence-corrected chi connectivity index (χ4v) is 1.53. The van der Waals surface area contributed by atoms with Gasteiger partial charge in [-0.3, -0.25) is 9.78 Å². The minimum Gasteiger partial charge on any atom is -0.350 e. The molecular weight excluding hydrogens is 240 g/mol. The number of carbonyl (C=O) groups is 1. The zero-order valence-corrected chi connectivity index (χ0v) is 10.2. The SMILES string of the molecule is N#Cc1ccc(C(=O)NCCc2ccccn2)nc1. The van der Waals surface area contributed by atoms with Crippen LogP contribution < -0.4 is 5.32 Å². The van der Waals surface area contributed by atoms with Crippen LogP contribution in [0.15, 0.2) is 42.7 Å². The molecule has 94 valence electrons. The van der Waals surface area contributed by atoms with Crippen LogP contribution in [-0.4, -0.2) is 22.4 Å². The van der Waals surface area contributed by atoms with Crippen molar-refractivity contribution < 1.29 is 4.79 Å². The van der Waals surface area contributed by atoms with Crippen molar-refractivity contribution in [3.63, 3.8) is 0 Å². The van der Waals surface area contributed by atoms with Crippen molar-refractivity contribution in [3.8, 4) is 6.07 Å². The van der Waals surface area contributed by atoms with Crippen molar-refractivity contribution in [1.29, 1.82) is 5.26 Å². The molecule has 0 atom stereocenters. The topological polar surface area (TPSA) is 78.7 Å². The Morgan fingerprint density at radius 3 is 2.79 bits per heavy atom. The van der Waals surface area contributed by atoms with E-state index in [1.807, 2.05) is 24.3 Å². The molecule has 0 aliphatic rings. The van der Waals surface area contributed by atoms with E-state index in [4.69, 9.17) is 5.26 Å².